The molecule has 1 saturated carbocycles. The van der Waals surface area contributed by atoms with E-state index < -0.39 is 70.5 Å². The fourth-order valence-corrected chi connectivity index (χ4v) is 8.90. The van der Waals surface area contributed by atoms with Crippen LogP contribution in [0.2, 0.25) is 5.02 Å². The monoisotopic (exact) mass is 678 g/mol. The Morgan fingerprint density at radius 3 is 2.33 bits per heavy atom. The number of aromatic hydroxyl groups is 1. The second kappa shape index (κ2) is 11.0. The van der Waals surface area contributed by atoms with Gasteiger partial charge < -0.3 is 10.8 Å². The summed E-state index contributed by atoms with van der Waals surface area (Å²) in [7, 11) is 0. The quantitative estimate of drug-likeness (QED) is 0.193. The number of halogens is 2. The van der Waals surface area contributed by atoms with Crippen molar-refractivity contribution in [1.29, 1.82) is 0 Å². The first kappa shape index (κ1) is 30.8. The third-order valence-corrected chi connectivity index (χ3v) is 11.0. The van der Waals surface area contributed by atoms with Crippen molar-refractivity contribution in [2.45, 2.75) is 24.2 Å². The van der Waals surface area contributed by atoms with Crippen molar-refractivity contribution in [1.82, 2.24) is 9.91 Å². The molecular formula is C37H28ClFN4O6. The van der Waals surface area contributed by atoms with Crippen molar-refractivity contribution in [2.24, 2.45) is 29.4 Å². The molecule has 4 aromatic carbocycles. The Hall–Kier alpha value is -5.55. The molecule has 246 valence electrons. The molecule has 0 aromatic heterocycles. The van der Waals surface area contributed by atoms with E-state index in [-0.39, 0.29) is 24.3 Å². The van der Waals surface area contributed by atoms with Crippen LogP contribution in [0.25, 0.3) is 10.8 Å². The molecule has 49 heavy (non-hydrogen) atoms. The van der Waals surface area contributed by atoms with Gasteiger partial charge in [0, 0.05) is 16.5 Å². The fourth-order valence-electron chi connectivity index (χ4n) is 8.77. The lowest BCUT2D eigenvalue weighted by Gasteiger charge is -2.51. The minimum Gasteiger partial charge on any atom is -0.508 e. The average molecular weight is 679 g/mol. The van der Waals surface area contributed by atoms with Crippen LogP contribution in [0, 0.1) is 29.5 Å². The molecular weight excluding hydrogens is 651 g/mol. The van der Waals surface area contributed by atoms with Crippen molar-refractivity contribution in [2.75, 3.05) is 5.43 Å². The Labute approximate surface area is 283 Å². The van der Waals surface area contributed by atoms with Gasteiger partial charge in [0.25, 0.3) is 11.8 Å². The van der Waals surface area contributed by atoms with E-state index in [1.165, 1.54) is 30.3 Å². The molecule has 0 radical (unpaired) electrons. The molecule has 6 atom stereocenters. The number of nitrogens with two attached hydrogens (primary N) is 1. The largest absolute Gasteiger partial charge is 0.508 e. The Bertz CT molecular complexity index is 2150. The van der Waals surface area contributed by atoms with Crippen LogP contribution < -0.4 is 11.2 Å². The second-order valence-electron chi connectivity index (χ2n) is 12.9. The minimum absolute atomic E-state index is 0.0323. The van der Waals surface area contributed by atoms with Gasteiger partial charge in [-0.05, 0) is 77.6 Å². The van der Waals surface area contributed by atoms with Crippen molar-refractivity contribution < 1.29 is 33.5 Å². The van der Waals surface area contributed by atoms with Crippen LogP contribution in [0.15, 0.2) is 96.6 Å². The number of carbonyl (C=O) groups excluding carboxylic acids is 5. The summed E-state index contributed by atoms with van der Waals surface area (Å²) in [6.45, 7) is 0. The van der Waals surface area contributed by atoms with Crippen LogP contribution in [0.4, 0.5) is 14.9 Å². The number of hydrogen-bond acceptors (Lipinski definition) is 7. The van der Waals surface area contributed by atoms with Crippen molar-refractivity contribution >= 4 is 57.7 Å². The number of hydrogen-bond donors (Lipinski definition) is 3. The zero-order chi connectivity index (χ0) is 34.4. The number of imide groups is 4. The Kier molecular flexibility index (Phi) is 6.90. The zero-order valence-electron chi connectivity index (χ0n) is 25.7. The van der Waals surface area contributed by atoms with Crippen LogP contribution in [0.3, 0.4) is 0 Å². The predicted octanol–water partition coefficient (Wildman–Crippen LogP) is 5.40. The molecule has 10 nitrogen and oxygen atoms in total. The standard InChI is InChI=1S/C37H28ClFN4O6/c38-20-8-6-19(7-9-20)37-27(33(46)43(35(37)48)41-22-12-10-21(39)11-13-22)17-26-24(14-15-25-29(26)34(47)42(32(25)45)36(40)49)31(37)30-23-4-2-1-3-18(23)5-16-28(30)44/h1-14,16,25-27,29,31,41,44H,15,17H2,(H2,40,49). The third kappa shape index (κ3) is 4.28. The van der Waals surface area contributed by atoms with Crippen LogP contribution in [0.1, 0.15) is 29.9 Å². The first-order valence-electron chi connectivity index (χ1n) is 15.8. The number of nitrogens with one attached hydrogen (secondary N) is 1. The number of allylic oxidation sites excluding steroid dienone is 2. The molecule has 4 aromatic rings. The van der Waals surface area contributed by atoms with Crippen molar-refractivity contribution in [3.8, 4) is 5.75 Å². The summed E-state index contributed by atoms with van der Waals surface area (Å²) in [5.41, 5.74) is 8.40. The van der Waals surface area contributed by atoms with Crippen molar-refractivity contribution in [3.05, 3.63) is 119 Å². The maximum Gasteiger partial charge on any atom is 0.328 e. The summed E-state index contributed by atoms with van der Waals surface area (Å²) in [6, 6.07) is 21.2. The smallest absolute Gasteiger partial charge is 0.328 e. The lowest BCUT2D eigenvalue weighted by molar-refractivity contribution is -0.139. The number of anilines is 1. The second-order valence-corrected chi connectivity index (χ2v) is 13.4. The molecule has 12 heteroatoms. The molecule has 0 bridgehead atoms. The number of carbonyl (C=O) groups is 5. The number of primary amides is 1. The summed E-state index contributed by atoms with van der Waals surface area (Å²) in [4.78, 5) is 69.9. The number of hydrazine groups is 1. The summed E-state index contributed by atoms with van der Waals surface area (Å²) in [5, 5.41) is 14.5. The number of phenolic OH excluding ortho intramolecular Hbond substituents is 1. The molecule has 8 rings (SSSR count). The predicted molar refractivity (Wildman–Crippen MR) is 176 cm³/mol. The van der Waals surface area contributed by atoms with E-state index in [4.69, 9.17) is 17.3 Å². The fraction of sp³-hybridized carbons (Fsp3) is 0.216. The summed E-state index contributed by atoms with van der Waals surface area (Å²) >= 11 is 6.33. The van der Waals surface area contributed by atoms with Gasteiger partial charge >= 0.3 is 6.03 Å². The first-order chi connectivity index (χ1) is 23.5. The van der Waals surface area contributed by atoms with Gasteiger partial charge in [-0.15, -0.1) is 0 Å². The number of nitrogens with zero attached hydrogens (tertiary/aromatic N) is 2. The third-order valence-electron chi connectivity index (χ3n) is 10.7. The molecule has 2 aliphatic carbocycles. The van der Waals surface area contributed by atoms with Gasteiger partial charge in [0.05, 0.1) is 28.9 Å². The molecule has 3 fully saturated rings. The molecule has 6 unspecified atom stereocenters. The first-order valence-corrected chi connectivity index (χ1v) is 16.2. The van der Waals surface area contributed by atoms with E-state index in [2.05, 4.69) is 5.43 Å². The molecule has 4 N–H and O–H groups in total. The van der Waals surface area contributed by atoms with Gasteiger partial charge in [-0.2, -0.15) is 9.91 Å². The van der Waals surface area contributed by atoms with Gasteiger partial charge in [0.15, 0.2) is 0 Å². The Morgan fingerprint density at radius 2 is 1.61 bits per heavy atom. The van der Waals surface area contributed by atoms with Crippen LogP contribution in [0.5, 0.6) is 5.75 Å². The lowest BCUT2D eigenvalue weighted by atomic mass is 9.48. The SMILES string of the molecule is NC(=O)N1C(=O)C2CC=C3C(CC4C(=O)N(Nc5ccc(F)cc5)C(=O)C4(c4ccc(Cl)cc4)C3c3c(O)ccc4ccccc34)C2C1=O. The Balaban J connectivity index is 1.42. The molecule has 2 aliphatic heterocycles. The van der Waals surface area contributed by atoms with E-state index in [0.29, 0.717) is 32.0 Å². The highest BCUT2D eigenvalue weighted by atomic mass is 35.5. The van der Waals surface area contributed by atoms with Crippen LogP contribution >= 0.6 is 11.6 Å². The normalized spacial score (nSPS) is 27.6. The average Bonchev–Trinajstić information content (AvgIpc) is 3.47. The number of fused-ring (bicyclic) bond motifs is 5. The lowest BCUT2D eigenvalue weighted by Crippen LogP contribution is -2.53. The van der Waals surface area contributed by atoms with Gasteiger partial charge in [-0.3, -0.25) is 24.6 Å². The molecule has 4 aliphatic rings. The number of likely N-dealkylation sites (tertiary alicyclic amines) is 1. The van der Waals surface area contributed by atoms with Crippen LogP contribution in [-0.4, -0.2) is 44.7 Å². The van der Waals surface area contributed by atoms with E-state index in [0.717, 1.165) is 10.4 Å². The highest BCUT2D eigenvalue weighted by molar-refractivity contribution is 6.30. The molecule has 2 heterocycles. The number of urea groups is 1. The maximum atomic E-state index is 15.3. The summed E-state index contributed by atoms with van der Waals surface area (Å²) in [6.07, 6.45) is 1.86. The zero-order valence-corrected chi connectivity index (χ0v) is 26.4. The van der Waals surface area contributed by atoms with Crippen molar-refractivity contribution in [3.63, 3.8) is 0 Å². The molecule has 2 saturated heterocycles. The maximum absolute atomic E-state index is 15.3. The number of phenols is 1. The summed E-state index contributed by atoms with van der Waals surface area (Å²) in [5.74, 6) is -8.15. The van der Waals surface area contributed by atoms with Gasteiger partial charge in [0.1, 0.15) is 11.6 Å². The van der Waals surface area contributed by atoms with Gasteiger partial charge in [-0.1, -0.05) is 65.7 Å². The number of rotatable bonds is 4. The molecule has 6 amide bonds. The Morgan fingerprint density at radius 1 is 0.898 bits per heavy atom. The van der Waals surface area contributed by atoms with E-state index in [1.54, 1.807) is 36.4 Å². The van der Waals surface area contributed by atoms with E-state index >= 15 is 4.79 Å². The topological polar surface area (TPSA) is 150 Å². The minimum atomic E-state index is -1.68. The number of benzene rings is 4. The van der Waals surface area contributed by atoms with Gasteiger partial charge in [0.2, 0.25) is 11.8 Å². The van der Waals surface area contributed by atoms with Crippen LogP contribution in [-0.2, 0) is 24.6 Å². The summed E-state index contributed by atoms with van der Waals surface area (Å²) < 4.78 is 13.8. The highest BCUT2D eigenvalue weighted by Gasteiger charge is 2.71. The van der Waals surface area contributed by atoms with E-state index in [9.17, 15) is 28.7 Å². The van der Waals surface area contributed by atoms with Gasteiger partial charge in [-0.25, -0.2) is 9.18 Å². The number of amides is 6. The van der Waals surface area contributed by atoms with E-state index in [1.807, 2.05) is 24.3 Å². The highest BCUT2D eigenvalue weighted by Crippen LogP contribution is 2.65. The molecule has 0 spiro atoms.